The number of aryl methyl sites for hydroxylation is 1. The second-order valence-electron chi connectivity index (χ2n) is 12.8. The van der Waals surface area contributed by atoms with Crippen LogP contribution in [0.4, 0.5) is 0 Å². The van der Waals surface area contributed by atoms with Gasteiger partial charge in [-0.1, -0.05) is 36.8 Å². The van der Waals surface area contributed by atoms with E-state index >= 15 is 0 Å². The third kappa shape index (κ3) is 8.15. The van der Waals surface area contributed by atoms with Crippen LogP contribution in [-0.2, 0) is 20.8 Å². The van der Waals surface area contributed by atoms with Crippen molar-refractivity contribution in [3.63, 3.8) is 0 Å². The van der Waals surface area contributed by atoms with Gasteiger partial charge in [0.25, 0.3) is 5.91 Å². The predicted octanol–water partition coefficient (Wildman–Crippen LogP) is 3.70. The van der Waals surface area contributed by atoms with Crippen molar-refractivity contribution in [2.45, 2.75) is 96.6 Å². The van der Waals surface area contributed by atoms with Crippen LogP contribution < -0.4 is 16.4 Å². The Morgan fingerprint density at radius 3 is 2.54 bits per heavy atom. The van der Waals surface area contributed by atoms with Gasteiger partial charge in [-0.3, -0.25) is 14.4 Å². The lowest BCUT2D eigenvalue weighted by Gasteiger charge is -2.37. The lowest BCUT2D eigenvalue weighted by Crippen LogP contribution is -2.56. The summed E-state index contributed by atoms with van der Waals surface area (Å²) < 4.78 is 0. The van der Waals surface area contributed by atoms with E-state index in [-0.39, 0.29) is 35.6 Å². The van der Waals surface area contributed by atoms with Crippen molar-refractivity contribution in [1.82, 2.24) is 15.5 Å². The highest BCUT2D eigenvalue weighted by molar-refractivity contribution is 5.90. The van der Waals surface area contributed by atoms with Crippen molar-refractivity contribution in [2.75, 3.05) is 19.6 Å². The summed E-state index contributed by atoms with van der Waals surface area (Å²) in [6.45, 7) is 10.0. The molecule has 41 heavy (non-hydrogen) atoms. The molecule has 7 heteroatoms. The highest BCUT2D eigenvalue weighted by Crippen LogP contribution is 2.45. The summed E-state index contributed by atoms with van der Waals surface area (Å²) in [5.41, 5.74) is 5.06. The van der Waals surface area contributed by atoms with Gasteiger partial charge in [-0.05, 0) is 44.1 Å². The lowest BCUT2D eigenvalue weighted by atomic mass is 9.64. The summed E-state index contributed by atoms with van der Waals surface area (Å²) in [6.07, 6.45) is 10.1. The Hall–Kier alpha value is -2.80. The molecule has 1 aromatic rings. The van der Waals surface area contributed by atoms with Crippen LogP contribution in [0.2, 0.25) is 0 Å². The van der Waals surface area contributed by atoms with Crippen molar-refractivity contribution in [3.8, 4) is 0 Å². The molecule has 7 nitrogen and oxygen atoms in total. The normalized spacial score (nSPS) is 26.7. The number of hydrogen-bond donors (Lipinski definition) is 3. The number of quaternary nitrogens is 1. The molecule has 0 spiro atoms. The van der Waals surface area contributed by atoms with E-state index in [0.29, 0.717) is 63.6 Å². The fourth-order valence-corrected chi connectivity index (χ4v) is 7.63. The zero-order valence-corrected chi connectivity index (χ0v) is 25.3. The first-order valence-corrected chi connectivity index (χ1v) is 16.0. The summed E-state index contributed by atoms with van der Waals surface area (Å²) in [6, 6.07) is 9.65. The van der Waals surface area contributed by atoms with E-state index in [9.17, 15) is 14.4 Å². The molecule has 0 saturated heterocycles. The van der Waals surface area contributed by atoms with Crippen LogP contribution in [0, 0.1) is 42.4 Å². The monoisotopic (exact) mass is 564 g/mol. The van der Waals surface area contributed by atoms with E-state index < -0.39 is 6.04 Å². The van der Waals surface area contributed by atoms with Gasteiger partial charge >= 0.3 is 0 Å². The fraction of sp³-hybridized carbons (Fsp3) is 0.647. The van der Waals surface area contributed by atoms with E-state index in [0.717, 1.165) is 24.3 Å². The first kappa shape index (κ1) is 31.1. The van der Waals surface area contributed by atoms with E-state index in [1.807, 2.05) is 30.0 Å². The van der Waals surface area contributed by atoms with Crippen LogP contribution in [0.1, 0.15) is 83.6 Å². The third-order valence-corrected chi connectivity index (χ3v) is 9.76. The first-order valence-electron chi connectivity index (χ1n) is 16.0. The molecule has 3 fully saturated rings. The number of carbonyl (C=O) groups is 3. The molecule has 6 unspecified atom stereocenters. The Morgan fingerprint density at radius 2 is 1.80 bits per heavy atom. The van der Waals surface area contributed by atoms with E-state index in [4.69, 9.17) is 0 Å². The molecule has 5 N–H and O–H groups in total. The minimum atomic E-state index is -0.608. The topological polar surface area (TPSA) is 106 Å². The Balaban J connectivity index is 1.40. The smallest absolute Gasteiger partial charge is 0.268 e. The number of rotatable bonds is 12. The fourth-order valence-electron chi connectivity index (χ4n) is 7.63. The molecule has 6 atom stereocenters. The molecule has 3 aliphatic carbocycles. The molecule has 1 aromatic carbocycles. The number of amides is 3. The lowest BCUT2D eigenvalue weighted by molar-refractivity contribution is -0.368. The summed E-state index contributed by atoms with van der Waals surface area (Å²) in [5.74, 6) is 3.23. The first-order chi connectivity index (χ1) is 19.8. The number of fused-ring (bicyclic) bond motifs is 1. The van der Waals surface area contributed by atoms with Gasteiger partial charge in [0.2, 0.25) is 11.8 Å². The maximum Gasteiger partial charge on any atom is 0.268 e. The number of nitrogens with one attached hydrogen (secondary N) is 2. The van der Waals surface area contributed by atoms with Crippen LogP contribution in [-0.4, -0.2) is 54.3 Å². The number of carbonyl (C=O) groups excluding carboxylic acids is 3. The zero-order valence-electron chi connectivity index (χ0n) is 25.3. The minimum Gasteiger partial charge on any atom is -0.356 e. The van der Waals surface area contributed by atoms with E-state index in [2.05, 4.69) is 42.3 Å². The van der Waals surface area contributed by atoms with Crippen molar-refractivity contribution in [1.29, 1.82) is 0 Å². The molecule has 4 rings (SSSR count). The molecule has 222 valence electrons. The molecule has 3 aliphatic rings. The van der Waals surface area contributed by atoms with Gasteiger partial charge in [-0.2, -0.15) is 0 Å². The van der Waals surface area contributed by atoms with Gasteiger partial charge in [-0.25, -0.2) is 0 Å². The Labute approximate surface area is 247 Å². The van der Waals surface area contributed by atoms with Gasteiger partial charge in [0, 0.05) is 12.3 Å². The van der Waals surface area contributed by atoms with Gasteiger partial charge in [0.1, 0.15) is 37.1 Å². The average Bonchev–Trinajstić information content (AvgIpc) is 3.36. The third-order valence-electron chi connectivity index (χ3n) is 9.76. The second kappa shape index (κ2) is 14.9. The quantitative estimate of drug-likeness (QED) is 0.337. The minimum absolute atomic E-state index is 0.0818. The van der Waals surface area contributed by atoms with Crippen molar-refractivity contribution in [3.05, 3.63) is 54.7 Å². The van der Waals surface area contributed by atoms with Crippen LogP contribution in [0.25, 0.3) is 0 Å². The average molecular weight is 565 g/mol. The highest BCUT2D eigenvalue weighted by atomic mass is 16.2. The molecule has 3 saturated carbocycles. The second-order valence-corrected chi connectivity index (χ2v) is 12.8. The molecule has 0 bridgehead atoms. The van der Waals surface area contributed by atoms with E-state index in [1.165, 1.54) is 31.6 Å². The van der Waals surface area contributed by atoms with Crippen LogP contribution >= 0.6 is 0 Å². The predicted molar refractivity (Wildman–Crippen MR) is 162 cm³/mol. The molecule has 0 heterocycles. The molecule has 0 aliphatic heterocycles. The summed E-state index contributed by atoms with van der Waals surface area (Å²) in [7, 11) is 0. The van der Waals surface area contributed by atoms with E-state index in [1.54, 1.807) is 0 Å². The maximum atomic E-state index is 13.7. The largest absolute Gasteiger partial charge is 0.356 e. The number of benzene rings is 1. The van der Waals surface area contributed by atoms with Gasteiger partial charge in [-0.15, -0.1) is 0 Å². The molecule has 0 radical (unpaired) electrons. The van der Waals surface area contributed by atoms with Gasteiger partial charge < -0.3 is 21.3 Å². The van der Waals surface area contributed by atoms with Crippen LogP contribution in [0.15, 0.2) is 30.3 Å². The zero-order chi connectivity index (χ0) is 29.4. The van der Waals surface area contributed by atoms with Crippen molar-refractivity contribution >= 4 is 17.7 Å². The van der Waals surface area contributed by atoms with Crippen LogP contribution in [0.5, 0.6) is 0 Å². The van der Waals surface area contributed by atoms with Crippen molar-refractivity contribution in [2.24, 2.45) is 23.7 Å². The highest BCUT2D eigenvalue weighted by Gasteiger charge is 2.50. The molecular formula is C34H52N4O3+4. The van der Waals surface area contributed by atoms with Gasteiger partial charge in [0.05, 0.1) is 58.3 Å². The van der Waals surface area contributed by atoms with Gasteiger partial charge in [0.15, 0.2) is 5.92 Å². The van der Waals surface area contributed by atoms with Crippen LogP contribution in [0.3, 0.4) is 0 Å². The Bertz CT molecular complexity index is 995. The molecule has 3 amide bonds. The Kier molecular flexibility index (Phi) is 11.3. The molecular weight excluding hydrogens is 512 g/mol. The molecule has 0 aromatic heterocycles. The van der Waals surface area contributed by atoms with Crippen molar-refractivity contribution < 1.29 is 20.1 Å². The summed E-state index contributed by atoms with van der Waals surface area (Å²) in [4.78, 5) is 42.4. The Morgan fingerprint density at radius 1 is 1.05 bits per heavy atom. The summed E-state index contributed by atoms with van der Waals surface area (Å²) >= 11 is 0. The SMILES string of the molecule is [CH2+]CCN(CC[NH3+])C(=O)C1C[C+](C)C(C(=O)NC(CCc2ccccc2)C(=O)NC2C[C+](C)C3CCCCC3C2)C1. The number of nitrogens with zero attached hydrogens (tertiary/aromatic N) is 1. The summed E-state index contributed by atoms with van der Waals surface area (Å²) in [5, 5.41) is 6.47. The maximum absolute atomic E-state index is 13.7. The number of hydrogen-bond acceptors (Lipinski definition) is 3. The standard InChI is InChI=1S/C34H49N4O3/c1-4-17-38(18-16-35)34(41)27-19-23(2)30(22-27)32(39)37-31(15-14-25-10-6-5-7-11-25)33(40)36-28-20-24(3)29-13-9-8-12-26(29)21-28/h5-7,10-11,26-31H,1,4,8-9,12-22,35H2,2-3H3/q+1/p+3.